The summed E-state index contributed by atoms with van der Waals surface area (Å²) in [5.41, 5.74) is 1.52. The number of likely N-dealkylation sites (N-methyl/N-ethyl adjacent to an activating group) is 1. The molecule has 2 aromatic rings. The van der Waals surface area contributed by atoms with E-state index in [0.29, 0.717) is 0 Å². The van der Waals surface area contributed by atoms with Gasteiger partial charge in [-0.15, -0.1) is 5.10 Å². The van der Waals surface area contributed by atoms with Crippen LogP contribution in [0.4, 0.5) is 0 Å². The Kier molecular flexibility index (Phi) is 3.52. The largest absolute Gasteiger partial charge is 0.358 e. The second-order valence-electron chi connectivity index (χ2n) is 3.69. The summed E-state index contributed by atoms with van der Waals surface area (Å²) < 4.78 is 1.49. The Morgan fingerprint density at radius 1 is 1.28 bits per heavy atom. The van der Waals surface area contributed by atoms with E-state index in [1.54, 1.807) is 0 Å². The lowest BCUT2D eigenvalue weighted by Crippen LogP contribution is -2.37. The highest BCUT2D eigenvalue weighted by Crippen LogP contribution is 2.08. The number of para-hydroxylation sites is 1. The lowest BCUT2D eigenvalue weighted by Gasteiger charge is -2.04. The van der Waals surface area contributed by atoms with Crippen molar-refractivity contribution in [1.82, 2.24) is 25.6 Å². The molecule has 0 saturated carbocycles. The van der Waals surface area contributed by atoms with E-state index >= 15 is 0 Å². The standard InChI is InChI=1S/C11H13N5O2/c1-12-10(17)6-13-11(18)7-16-9-5-3-2-4-8(9)14-15-16/h2-5H,6-7H2,1H3,(H,12,17)(H,13,18). The summed E-state index contributed by atoms with van der Waals surface area (Å²) in [6.07, 6.45) is 0. The second-order valence-corrected chi connectivity index (χ2v) is 3.69. The number of carbonyl (C=O) groups excluding carboxylic acids is 2. The Hall–Kier alpha value is -2.44. The predicted octanol–water partition coefficient (Wildman–Crippen LogP) is -0.706. The highest BCUT2D eigenvalue weighted by Gasteiger charge is 2.08. The molecular formula is C11H13N5O2. The first-order chi connectivity index (χ1) is 8.70. The van der Waals surface area contributed by atoms with Crippen LogP contribution in [0.5, 0.6) is 0 Å². The zero-order chi connectivity index (χ0) is 13.0. The van der Waals surface area contributed by atoms with Crippen LogP contribution < -0.4 is 10.6 Å². The van der Waals surface area contributed by atoms with Crippen LogP contribution in [0.25, 0.3) is 11.0 Å². The van der Waals surface area contributed by atoms with Gasteiger partial charge in [0.15, 0.2) is 0 Å². The molecule has 7 nitrogen and oxygen atoms in total. The minimum atomic E-state index is -0.283. The average molecular weight is 247 g/mol. The third-order valence-corrected chi connectivity index (χ3v) is 2.44. The Balaban J connectivity index is 2.01. The Morgan fingerprint density at radius 2 is 2.06 bits per heavy atom. The Bertz CT molecular complexity index is 578. The van der Waals surface area contributed by atoms with Gasteiger partial charge in [0.2, 0.25) is 11.8 Å². The lowest BCUT2D eigenvalue weighted by atomic mass is 10.3. The summed E-state index contributed by atoms with van der Waals surface area (Å²) in [5, 5.41) is 12.7. The van der Waals surface area contributed by atoms with E-state index in [1.807, 2.05) is 24.3 Å². The van der Waals surface area contributed by atoms with Crippen LogP contribution in [0, 0.1) is 0 Å². The molecule has 18 heavy (non-hydrogen) atoms. The third-order valence-electron chi connectivity index (χ3n) is 2.44. The van der Waals surface area contributed by atoms with Gasteiger partial charge < -0.3 is 10.6 Å². The fourth-order valence-electron chi connectivity index (χ4n) is 1.49. The molecule has 0 bridgehead atoms. The molecule has 1 aromatic carbocycles. The summed E-state index contributed by atoms with van der Waals surface area (Å²) in [5.74, 6) is -0.527. The van der Waals surface area contributed by atoms with Gasteiger partial charge in [-0.05, 0) is 12.1 Å². The summed E-state index contributed by atoms with van der Waals surface area (Å²) in [6, 6.07) is 7.36. The molecular weight excluding hydrogens is 234 g/mol. The van der Waals surface area contributed by atoms with Crippen LogP contribution in [0.1, 0.15) is 0 Å². The van der Waals surface area contributed by atoms with Crippen LogP contribution in [-0.4, -0.2) is 40.4 Å². The number of hydrogen-bond acceptors (Lipinski definition) is 4. The lowest BCUT2D eigenvalue weighted by molar-refractivity contribution is -0.126. The van der Waals surface area contributed by atoms with Gasteiger partial charge in [0.1, 0.15) is 12.1 Å². The number of amides is 2. The van der Waals surface area contributed by atoms with Gasteiger partial charge in [0.05, 0.1) is 12.1 Å². The van der Waals surface area contributed by atoms with Crippen molar-refractivity contribution in [2.45, 2.75) is 6.54 Å². The maximum Gasteiger partial charge on any atom is 0.242 e. The van der Waals surface area contributed by atoms with Crippen LogP contribution in [-0.2, 0) is 16.1 Å². The molecule has 7 heteroatoms. The Labute approximate surface area is 103 Å². The molecule has 0 saturated heterocycles. The van der Waals surface area contributed by atoms with Crippen molar-refractivity contribution >= 4 is 22.8 Å². The van der Waals surface area contributed by atoms with Gasteiger partial charge in [0, 0.05) is 7.05 Å². The molecule has 0 aliphatic heterocycles. The predicted molar refractivity (Wildman–Crippen MR) is 64.6 cm³/mol. The fourth-order valence-corrected chi connectivity index (χ4v) is 1.49. The molecule has 0 spiro atoms. The number of hydrogen-bond donors (Lipinski definition) is 2. The maximum absolute atomic E-state index is 11.6. The van der Waals surface area contributed by atoms with Crippen LogP contribution >= 0.6 is 0 Å². The maximum atomic E-state index is 11.6. The SMILES string of the molecule is CNC(=O)CNC(=O)Cn1nnc2ccccc21. The molecule has 2 N–H and O–H groups in total. The monoisotopic (exact) mass is 247 g/mol. The molecule has 0 unspecified atom stereocenters. The molecule has 0 aliphatic carbocycles. The quantitative estimate of drug-likeness (QED) is 0.747. The van der Waals surface area contributed by atoms with Gasteiger partial charge >= 0.3 is 0 Å². The van der Waals surface area contributed by atoms with E-state index in [4.69, 9.17) is 0 Å². The first-order valence-corrected chi connectivity index (χ1v) is 5.46. The first-order valence-electron chi connectivity index (χ1n) is 5.46. The van der Waals surface area contributed by atoms with Crippen molar-refractivity contribution in [3.63, 3.8) is 0 Å². The van der Waals surface area contributed by atoms with E-state index in [9.17, 15) is 9.59 Å². The minimum Gasteiger partial charge on any atom is -0.358 e. The number of benzene rings is 1. The van der Waals surface area contributed by atoms with Gasteiger partial charge in [0.25, 0.3) is 0 Å². The van der Waals surface area contributed by atoms with Crippen LogP contribution in [0.3, 0.4) is 0 Å². The summed E-state index contributed by atoms with van der Waals surface area (Å²) in [4.78, 5) is 22.6. The average Bonchev–Trinajstić information content (AvgIpc) is 2.79. The molecule has 0 radical (unpaired) electrons. The normalized spacial score (nSPS) is 10.3. The van der Waals surface area contributed by atoms with Gasteiger partial charge in [-0.3, -0.25) is 9.59 Å². The zero-order valence-electron chi connectivity index (χ0n) is 9.88. The molecule has 2 amide bonds. The Morgan fingerprint density at radius 3 is 2.83 bits per heavy atom. The molecule has 0 atom stereocenters. The number of rotatable bonds is 4. The number of nitrogens with one attached hydrogen (secondary N) is 2. The van der Waals surface area contributed by atoms with E-state index in [2.05, 4.69) is 20.9 Å². The number of carbonyl (C=O) groups is 2. The minimum absolute atomic E-state index is 0.0392. The highest BCUT2D eigenvalue weighted by molar-refractivity contribution is 5.85. The number of fused-ring (bicyclic) bond motifs is 1. The molecule has 94 valence electrons. The van der Waals surface area contributed by atoms with Gasteiger partial charge in [-0.1, -0.05) is 17.3 Å². The summed E-state index contributed by atoms with van der Waals surface area (Å²) in [7, 11) is 1.51. The van der Waals surface area contributed by atoms with Crippen molar-refractivity contribution in [3.8, 4) is 0 Å². The number of nitrogens with zero attached hydrogens (tertiary/aromatic N) is 3. The van der Waals surface area contributed by atoms with E-state index < -0.39 is 0 Å². The van der Waals surface area contributed by atoms with Gasteiger partial charge in [-0.25, -0.2) is 4.68 Å². The van der Waals surface area contributed by atoms with Crippen molar-refractivity contribution in [3.05, 3.63) is 24.3 Å². The molecule has 1 aromatic heterocycles. The molecule has 2 rings (SSSR count). The molecule has 1 heterocycles. The second kappa shape index (κ2) is 5.26. The smallest absolute Gasteiger partial charge is 0.242 e. The first kappa shape index (κ1) is 12.0. The number of aromatic nitrogens is 3. The van der Waals surface area contributed by atoms with Crippen molar-refractivity contribution in [2.24, 2.45) is 0 Å². The zero-order valence-corrected chi connectivity index (χ0v) is 9.88. The van der Waals surface area contributed by atoms with Crippen molar-refractivity contribution < 1.29 is 9.59 Å². The van der Waals surface area contributed by atoms with E-state index in [1.165, 1.54) is 11.7 Å². The summed E-state index contributed by atoms with van der Waals surface area (Å²) in [6.45, 7) is -0.000525. The highest BCUT2D eigenvalue weighted by atomic mass is 16.2. The van der Waals surface area contributed by atoms with Crippen LogP contribution in [0.15, 0.2) is 24.3 Å². The topological polar surface area (TPSA) is 88.9 Å². The van der Waals surface area contributed by atoms with Crippen molar-refractivity contribution in [1.29, 1.82) is 0 Å². The molecule has 0 aliphatic rings. The third kappa shape index (κ3) is 2.62. The molecule has 0 fully saturated rings. The fraction of sp³-hybridized carbons (Fsp3) is 0.273. The summed E-state index contributed by atoms with van der Waals surface area (Å²) >= 11 is 0. The van der Waals surface area contributed by atoms with Crippen LogP contribution in [0.2, 0.25) is 0 Å². The van der Waals surface area contributed by atoms with E-state index in [0.717, 1.165) is 11.0 Å². The van der Waals surface area contributed by atoms with Crippen molar-refractivity contribution in [2.75, 3.05) is 13.6 Å². The van der Waals surface area contributed by atoms with E-state index in [-0.39, 0.29) is 24.9 Å². The van der Waals surface area contributed by atoms with Gasteiger partial charge in [-0.2, -0.15) is 0 Å².